The molecule has 2 unspecified atom stereocenters. The highest BCUT2D eigenvalue weighted by Gasteiger charge is 2.41. The smallest absolute Gasteiger partial charge is 0.467 e. The lowest BCUT2D eigenvalue weighted by atomic mass is 10.2. The maximum atomic E-state index is 12.1. The molecule has 0 aliphatic heterocycles. The number of ether oxygens (including phenoxy) is 2. The standard InChI is InChI=1S/C9H13F3NO5P/c1-17-5-19(16)4-3-6(7(14)18-2)13-8(15)9(10,11)12/h6H,3-5H2,1-2H3/p+1. The van der Waals surface area contributed by atoms with Gasteiger partial charge in [0.05, 0.1) is 7.11 Å². The summed E-state index contributed by atoms with van der Waals surface area (Å²) >= 11 is 0. The zero-order valence-electron chi connectivity index (χ0n) is 10.3. The maximum Gasteiger partial charge on any atom is 0.471 e. The van der Waals surface area contributed by atoms with Crippen LogP contribution in [0.3, 0.4) is 0 Å². The Morgan fingerprint density at radius 1 is 1.32 bits per heavy atom. The van der Waals surface area contributed by atoms with Gasteiger partial charge in [-0.3, -0.25) is 4.79 Å². The molecule has 0 heterocycles. The first kappa shape index (κ1) is 17.8. The summed E-state index contributed by atoms with van der Waals surface area (Å²) in [6.45, 7) is 0. The normalized spacial score (nSPS) is 13.6. The van der Waals surface area contributed by atoms with Crippen LogP contribution in [0.5, 0.6) is 0 Å². The Kier molecular flexibility index (Phi) is 7.55. The van der Waals surface area contributed by atoms with E-state index in [0.717, 1.165) is 7.11 Å². The van der Waals surface area contributed by atoms with Crippen molar-refractivity contribution in [3.05, 3.63) is 0 Å². The molecule has 0 rings (SSSR count). The second kappa shape index (κ2) is 8.06. The molecule has 6 nitrogen and oxygen atoms in total. The molecule has 2 atom stereocenters. The van der Waals surface area contributed by atoms with E-state index >= 15 is 0 Å². The van der Waals surface area contributed by atoms with Crippen molar-refractivity contribution in [1.82, 2.24) is 5.32 Å². The molecule has 0 spiro atoms. The van der Waals surface area contributed by atoms with Crippen molar-refractivity contribution in [1.29, 1.82) is 0 Å². The Morgan fingerprint density at radius 3 is 2.32 bits per heavy atom. The topological polar surface area (TPSA) is 81.7 Å². The van der Waals surface area contributed by atoms with E-state index < -0.39 is 31.9 Å². The van der Waals surface area contributed by atoms with Crippen molar-refractivity contribution >= 4 is 19.7 Å². The highest BCUT2D eigenvalue weighted by atomic mass is 31.1. The minimum atomic E-state index is -5.10. The van der Waals surface area contributed by atoms with Gasteiger partial charge in [-0.15, -0.1) is 0 Å². The summed E-state index contributed by atoms with van der Waals surface area (Å²) in [5.74, 6) is -3.27. The van der Waals surface area contributed by atoms with Gasteiger partial charge in [-0.25, -0.2) is 4.79 Å². The van der Waals surface area contributed by atoms with Crippen LogP contribution in [0.25, 0.3) is 0 Å². The first-order chi connectivity index (χ1) is 8.72. The fraction of sp³-hybridized carbons (Fsp3) is 0.778. The molecule has 0 aromatic carbocycles. The van der Waals surface area contributed by atoms with Gasteiger partial charge in [-0.1, -0.05) is 4.57 Å². The van der Waals surface area contributed by atoms with E-state index in [1.165, 1.54) is 12.4 Å². The third-order valence-corrected chi connectivity index (χ3v) is 3.29. The molecule has 0 aromatic rings. The maximum absolute atomic E-state index is 12.1. The Hall–Kier alpha value is -1.21. The van der Waals surface area contributed by atoms with Crippen LogP contribution in [-0.2, 0) is 23.6 Å². The number of amides is 1. The van der Waals surface area contributed by atoms with Crippen LogP contribution >= 0.6 is 7.80 Å². The van der Waals surface area contributed by atoms with Gasteiger partial charge in [0, 0.05) is 13.5 Å². The van der Waals surface area contributed by atoms with Gasteiger partial charge in [0.2, 0.25) is 6.35 Å². The Bertz CT molecular complexity index is 347. The third-order valence-electron chi connectivity index (χ3n) is 1.99. The van der Waals surface area contributed by atoms with Gasteiger partial charge in [0.25, 0.3) is 0 Å². The zero-order valence-corrected chi connectivity index (χ0v) is 11.2. The van der Waals surface area contributed by atoms with Crippen LogP contribution in [-0.4, -0.2) is 50.8 Å². The van der Waals surface area contributed by atoms with Crippen molar-refractivity contribution in [2.45, 2.75) is 18.6 Å². The van der Waals surface area contributed by atoms with Gasteiger partial charge < -0.3 is 14.8 Å². The predicted octanol–water partition coefficient (Wildman–Crippen LogP) is 1.03. The molecule has 0 aromatic heterocycles. The lowest BCUT2D eigenvalue weighted by molar-refractivity contribution is -0.175. The van der Waals surface area contributed by atoms with E-state index in [-0.39, 0.29) is 18.9 Å². The summed E-state index contributed by atoms with van der Waals surface area (Å²) in [6.07, 6.45) is -5.47. The van der Waals surface area contributed by atoms with Gasteiger partial charge in [-0.05, 0) is 0 Å². The molecule has 0 aliphatic carbocycles. The molecule has 0 bridgehead atoms. The molecule has 110 valence electrons. The van der Waals surface area contributed by atoms with Crippen molar-refractivity contribution in [2.75, 3.05) is 26.7 Å². The van der Waals surface area contributed by atoms with Crippen LogP contribution < -0.4 is 5.32 Å². The number of methoxy groups -OCH3 is 2. The highest BCUT2D eigenvalue weighted by molar-refractivity contribution is 7.44. The number of carbonyl (C=O) groups is 2. The summed E-state index contributed by atoms with van der Waals surface area (Å²) in [5.41, 5.74) is 0. The Labute approximate surface area is 108 Å². The molecule has 0 aliphatic rings. The number of carbonyl (C=O) groups excluding carboxylic acids is 2. The molecule has 10 heteroatoms. The summed E-state index contributed by atoms with van der Waals surface area (Å²) in [4.78, 5) is 21.9. The van der Waals surface area contributed by atoms with E-state index in [9.17, 15) is 27.3 Å². The molecule has 0 saturated carbocycles. The Morgan fingerprint density at radius 2 is 1.89 bits per heavy atom. The second-order valence-corrected chi connectivity index (χ2v) is 5.13. The van der Waals surface area contributed by atoms with E-state index in [1.807, 2.05) is 0 Å². The van der Waals surface area contributed by atoms with Crippen molar-refractivity contribution in [3.63, 3.8) is 0 Å². The fourth-order valence-electron chi connectivity index (χ4n) is 1.11. The monoisotopic (exact) mass is 304 g/mol. The molecule has 0 radical (unpaired) electrons. The zero-order chi connectivity index (χ0) is 15.1. The number of alkyl halides is 3. The summed E-state index contributed by atoms with van der Waals surface area (Å²) in [6, 6.07) is -1.49. The molecular weight excluding hydrogens is 290 g/mol. The molecule has 1 amide bonds. The minimum absolute atomic E-state index is 0.0684. The number of halogens is 3. The van der Waals surface area contributed by atoms with Gasteiger partial charge in [-0.2, -0.15) is 13.2 Å². The fourth-order valence-corrected chi connectivity index (χ4v) is 2.08. The van der Waals surface area contributed by atoms with Gasteiger partial charge in [0.15, 0.2) is 6.16 Å². The number of esters is 1. The summed E-state index contributed by atoms with van der Waals surface area (Å²) in [5, 5.41) is 1.50. The average molecular weight is 304 g/mol. The summed E-state index contributed by atoms with van der Waals surface area (Å²) < 4.78 is 56.3. The van der Waals surface area contributed by atoms with E-state index in [2.05, 4.69) is 9.47 Å². The minimum Gasteiger partial charge on any atom is -0.467 e. The van der Waals surface area contributed by atoms with Crippen molar-refractivity contribution in [2.24, 2.45) is 0 Å². The number of hydrogen-bond acceptors (Lipinski definition) is 5. The average Bonchev–Trinajstić information content (AvgIpc) is 2.32. The SMILES string of the molecule is COC[P+](=O)CCC(NC(=O)C(F)(F)F)C(=O)OC. The highest BCUT2D eigenvalue weighted by Crippen LogP contribution is 2.22. The summed E-state index contributed by atoms with van der Waals surface area (Å²) in [7, 11) is 0.484. The van der Waals surface area contributed by atoms with Crippen LogP contribution in [0, 0.1) is 0 Å². The quantitative estimate of drug-likeness (QED) is 0.561. The second-order valence-electron chi connectivity index (χ2n) is 3.46. The molecule has 19 heavy (non-hydrogen) atoms. The number of hydrogen-bond donors (Lipinski definition) is 1. The van der Waals surface area contributed by atoms with Crippen LogP contribution in [0.1, 0.15) is 6.42 Å². The first-order valence-electron chi connectivity index (χ1n) is 5.09. The van der Waals surface area contributed by atoms with Crippen LogP contribution in [0.2, 0.25) is 0 Å². The number of nitrogens with one attached hydrogen (secondary N) is 1. The van der Waals surface area contributed by atoms with Gasteiger partial charge >= 0.3 is 25.9 Å². The van der Waals surface area contributed by atoms with Crippen LogP contribution in [0.4, 0.5) is 13.2 Å². The molecule has 0 fully saturated rings. The molecular formula is C9H14F3NO5P+. The lowest BCUT2D eigenvalue weighted by Crippen LogP contribution is -2.47. The Balaban J connectivity index is 4.53. The largest absolute Gasteiger partial charge is 0.471 e. The van der Waals surface area contributed by atoms with E-state index in [1.54, 1.807) is 0 Å². The molecule has 0 saturated heterocycles. The van der Waals surface area contributed by atoms with Crippen molar-refractivity contribution < 1.29 is 36.8 Å². The van der Waals surface area contributed by atoms with E-state index in [0.29, 0.717) is 0 Å². The van der Waals surface area contributed by atoms with Gasteiger partial charge in [0.1, 0.15) is 6.04 Å². The van der Waals surface area contributed by atoms with E-state index in [4.69, 9.17) is 0 Å². The van der Waals surface area contributed by atoms with Crippen molar-refractivity contribution in [3.8, 4) is 0 Å². The number of rotatable bonds is 7. The predicted molar refractivity (Wildman–Crippen MR) is 59.0 cm³/mol. The molecule has 1 N–H and O–H groups in total. The third kappa shape index (κ3) is 7.07. The lowest BCUT2D eigenvalue weighted by Gasteiger charge is -2.15. The first-order valence-corrected chi connectivity index (χ1v) is 6.72. The van der Waals surface area contributed by atoms with Crippen LogP contribution in [0.15, 0.2) is 0 Å².